The van der Waals surface area contributed by atoms with Crippen molar-refractivity contribution in [1.82, 2.24) is 9.88 Å². The monoisotopic (exact) mass is 242 g/mol. The molecule has 96 valence electrons. The normalized spacial score (nSPS) is 15.7. The van der Waals surface area contributed by atoms with Gasteiger partial charge in [0.25, 0.3) is 0 Å². The van der Waals surface area contributed by atoms with E-state index < -0.39 is 0 Å². The van der Waals surface area contributed by atoms with Crippen LogP contribution in [-0.4, -0.2) is 10.6 Å². The Bertz CT molecular complexity index is 535. The molecule has 0 radical (unpaired) electrons. The third kappa shape index (κ3) is 2.44. The maximum atomic E-state index is 3.62. The Morgan fingerprint density at radius 2 is 2.11 bits per heavy atom. The lowest BCUT2D eigenvalue weighted by molar-refractivity contribution is 0.534. The second kappa shape index (κ2) is 4.77. The molecule has 1 fully saturated rings. The first-order valence-corrected chi connectivity index (χ1v) is 7.04. The van der Waals surface area contributed by atoms with Crippen LogP contribution < -0.4 is 5.32 Å². The van der Waals surface area contributed by atoms with E-state index in [2.05, 4.69) is 54.2 Å². The Kier molecular flexibility index (Phi) is 3.13. The molecule has 2 heteroatoms. The average molecular weight is 242 g/mol. The lowest BCUT2D eigenvalue weighted by Crippen LogP contribution is -2.16. The molecule has 0 spiro atoms. The van der Waals surface area contributed by atoms with E-state index in [-0.39, 0.29) is 0 Å². The first kappa shape index (κ1) is 11.8. The Hall–Kier alpha value is -1.28. The summed E-state index contributed by atoms with van der Waals surface area (Å²) in [6.07, 6.45) is 4.93. The number of para-hydroxylation sites is 1. The van der Waals surface area contributed by atoms with Gasteiger partial charge in [-0.05, 0) is 35.8 Å². The van der Waals surface area contributed by atoms with Gasteiger partial charge in [-0.1, -0.05) is 32.0 Å². The maximum Gasteiger partial charge on any atom is 0.0525 e. The Morgan fingerprint density at radius 3 is 2.83 bits per heavy atom. The van der Waals surface area contributed by atoms with Gasteiger partial charge in [0, 0.05) is 25.3 Å². The molecule has 1 aliphatic carbocycles. The quantitative estimate of drug-likeness (QED) is 0.848. The summed E-state index contributed by atoms with van der Waals surface area (Å²) < 4.78 is 2.41. The molecule has 18 heavy (non-hydrogen) atoms. The summed E-state index contributed by atoms with van der Waals surface area (Å²) in [5.74, 6) is 0.685. The van der Waals surface area contributed by atoms with Crippen molar-refractivity contribution in [2.75, 3.05) is 0 Å². The lowest BCUT2D eigenvalue weighted by atomic mass is 10.1. The summed E-state index contributed by atoms with van der Waals surface area (Å²) in [4.78, 5) is 0. The molecule has 1 N–H and O–H groups in total. The SMILES string of the molecule is CC(C)Cn1ccc2cccc(CNC3CC3)c21. The summed E-state index contributed by atoms with van der Waals surface area (Å²) >= 11 is 0. The van der Waals surface area contributed by atoms with Crippen molar-refractivity contribution in [3.8, 4) is 0 Å². The number of benzene rings is 1. The van der Waals surface area contributed by atoms with Gasteiger partial charge < -0.3 is 9.88 Å². The van der Waals surface area contributed by atoms with Crippen LogP contribution in [0.3, 0.4) is 0 Å². The molecule has 0 saturated heterocycles. The Labute approximate surface area is 109 Å². The zero-order valence-corrected chi connectivity index (χ0v) is 11.3. The molecule has 1 saturated carbocycles. The van der Waals surface area contributed by atoms with Crippen molar-refractivity contribution in [2.45, 2.75) is 45.8 Å². The third-order valence-electron chi connectivity index (χ3n) is 3.59. The molecule has 3 rings (SSSR count). The molecule has 1 aromatic carbocycles. The minimum atomic E-state index is 0.685. The fraction of sp³-hybridized carbons (Fsp3) is 0.500. The summed E-state index contributed by atoms with van der Waals surface area (Å²) in [5, 5.41) is 4.99. The molecule has 0 unspecified atom stereocenters. The Balaban J connectivity index is 1.92. The van der Waals surface area contributed by atoms with E-state index in [4.69, 9.17) is 0 Å². The molecule has 0 aliphatic heterocycles. The van der Waals surface area contributed by atoms with Crippen molar-refractivity contribution in [2.24, 2.45) is 5.92 Å². The number of rotatable bonds is 5. The van der Waals surface area contributed by atoms with Gasteiger partial charge in [-0.15, -0.1) is 0 Å². The fourth-order valence-electron chi connectivity index (χ4n) is 2.57. The smallest absolute Gasteiger partial charge is 0.0525 e. The molecular weight excluding hydrogens is 220 g/mol. The van der Waals surface area contributed by atoms with E-state index in [1.54, 1.807) is 0 Å². The van der Waals surface area contributed by atoms with Crippen LogP contribution in [0.25, 0.3) is 10.9 Å². The van der Waals surface area contributed by atoms with E-state index in [9.17, 15) is 0 Å². The molecule has 1 heterocycles. The predicted octanol–water partition coefficient (Wildman–Crippen LogP) is 3.55. The summed E-state index contributed by atoms with van der Waals surface area (Å²) in [6, 6.07) is 9.65. The van der Waals surface area contributed by atoms with E-state index >= 15 is 0 Å². The number of nitrogens with zero attached hydrogens (tertiary/aromatic N) is 1. The summed E-state index contributed by atoms with van der Waals surface area (Å²) in [5.41, 5.74) is 2.85. The van der Waals surface area contributed by atoms with Crippen LogP contribution in [0, 0.1) is 5.92 Å². The van der Waals surface area contributed by atoms with Crippen molar-refractivity contribution >= 4 is 10.9 Å². The van der Waals surface area contributed by atoms with Crippen LogP contribution in [0.2, 0.25) is 0 Å². The minimum absolute atomic E-state index is 0.685. The van der Waals surface area contributed by atoms with E-state index in [1.807, 2.05) is 0 Å². The highest BCUT2D eigenvalue weighted by Crippen LogP contribution is 2.24. The molecule has 1 aliphatic rings. The minimum Gasteiger partial charge on any atom is -0.347 e. The molecule has 0 bridgehead atoms. The lowest BCUT2D eigenvalue weighted by Gasteiger charge is -2.12. The second-order valence-electron chi connectivity index (χ2n) is 5.87. The maximum absolute atomic E-state index is 3.62. The van der Waals surface area contributed by atoms with E-state index in [0.717, 1.165) is 19.1 Å². The number of nitrogens with one attached hydrogen (secondary N) is 1. The summed E-state index contributed by atoms with van der Waals surface area (Å²) in [7, 11) is 0. The molecule has 1 aromatic heterocycles. The standard InChI is InChI=1S/C16H22N2/c1-12(2)11-18-9-8-13-4-3-5-14(16(13)18)10-17-15-6-7-15/h3-5,8-9,12,15,17H,6-7,10-11H2,1-2H3. The van der Waals surface area contributed by atoms with Crippen LogP contribution in [-0.2, 0) is 13.1 Å². The van der Waals surface area contributed by atoms with Gasteiger partial charge in [0.15, 0.2) is 0 Å². The van der Waals surface area contributed by atoms with Crippen molar-refractivity contribution < 1.29 is 0 Å². The van der Waals surface area contributed by atoms with E-state index in [1.165, 1.54) is 29.3 Å². The van der Waals surface area contributed by atoms with Gasteiger partial charge in [0.2, 0.25) is 0 Å². The average Bonchev–Trinajstić information content (AvgIpc) is 3.08. The second-order valence-corrected chi connectivity index (χ2v) is 5.87. The Morgan fingerprint density at radius 1 is 1.28 bits per heavy atom. The van der Waals surface area contributed by atoms with Gasteiger partial charge in [-0.25, -0.2) is 0 Å². The molecule has 0 amide bonds. The highest BCUT2D eigenvalue weighted by molar-refractivity contribution is 5.83. The highest BCUT2D eigenvalue weighted by Gasteiger charge is 2.20. The van der Waals surface area contributed by atoms with Gasteiger partial charge in [-0.2, -0.15) is 0 Å². The molecule has 2 nitrogen and oxygen atoms in total. The van der Waals surface area contributed by atoms with Crippen LogP contribution in [0.4, 0.5) is 0 Å². The number of aromatic nitrogens is 1. The zero-order valence-electron chi connectivity index (χ0n) is 11.3. The van der Waals surface area contributed by atoms with Gasteiger partial charge in [0.1, 0.15) is 0 Å². The summed E-state index contributed by atoms with van der Waals surface area (Å²) in [6.45, 7) is 6.65. The number of fused-ring (bicyclic) bond motifs is 1. The molecule has 0 atom stereocenters. The predicted molar refractivity (Wildman–Crippen MR) is 76.6 cm³/mol. The third-order valence-corrected chi connectivity index (χ3v) is 3.59. The van der Waals surface area contributed by atoms with Gasteiger partial charge in [-0.3, -0.25) is 0 Å². The zero-order chi connectivity index (χ0) is 12.5. The molecular formula is C16H22N2. The van der Waals surface area contributed by atoms with Crippen LogP contribution in [0.1, 0.15) is 32.3 Å². The number of hydrogen-bond acceptors (Lipinski definition) is 1. The van der Waals surface area contributed by atoms with E-state index in [0.29, 0.717) is 5.92 Å². The van der Waals surface area contributed by atoms with Gasteiger partial charge in [0.05, 0.1) is 5.52 Å². The van der Waals surface area contributed by atoms with Crippen molar-refractivity contribution in [3.05, 3.63) is 36.0 Å². The first-order chi connectivity index (χ1) is 8.74. The first-order valence-electron chi connectivity index (χ1n) is 7.04. The van der Waals surface area contributed by atoms with Crippen molar-refractivity contribution in [1.29, 1.82) is 0 Å². The van der Waals surface area contributed by atoms with Crippen LogP contribution >= 0.6 is 0 Å². The largest absolute Gasteiger partial charge is 0.347 e. The number of hydrogen-bond donors (Lipinski definition) is 1. The van der Waals surface area contributed by atoms with Crippen molar-refractivity contribution in [3.63, 3.8) is 0 Å². The van der Waals surface area contributed by atoms with Crippen LogP contribution in [0.5, 0.6) is 0 Å². The molecule has 2 aromatic rings. The van der Waals surface area contributed by atoms with Gasteiger partial charge >= 0.3 is 0 Å². The fourth-order valence-corrected chi connectivity index (χ4v) is 2.57. The topological polar surface area (TPSA) is 17.0 Å². The highest BCUT2D eigenvalue weighted by atomic mass is 15.0. The van der Waals surface area contributed by atoms with Crippen LogP contribution in [0.15, 0.2) is 30.5 Å².